The number of hydrogen-bond donors (Lipinski definition) is 0. The number of pyridine rings is 1. The maximum absolute atomic E-state index is 4.43. The molecule has 22 heavy (non-hydrogen) atoms. The zero-order chi connectivity index (χ0) is 15.5. The number of nitrogens with zero attached hydrogens (tertiary/aromatic N) is 5. The molecule has 0 radical (unpaired) electrons. The van der Waals surface area contributed by atoms with Crippen LogP contribution in [0.1, 0.15) is 36.9 Å². The van der Waals surface area contributed by atoms with Crippen LogP contribution in [0, 0.1) is 0 Å². The first-order valence-electron chi connectivity index (χ1n) is 8.06. The molecule has 0 amide bonds. The standard InChI is InChI=1S/C17H25N5/c1-4-22-13-14(11-19-22)12-21-9-5-6-16(21)15-7-8-18-17(10-15)20(2)3/h7-8,10-11,13,16H,4-6,9,12H2,1-3H3. The van der Waals surface area contributed by atoms with Crippen LogP contribution in [0.25, 0.3) is 0 Å². The molecule has 2 aromatic heterocycles. The third-order valence-electron chi connectivity index (χ3n) is 4.37. The molecular formula is C17H25N5. The number of aromatic nitrogens is 3. The van der Waals surface area contributed by atoms with Crippen LogP contribution in [0.4, 0.5) is 5.82 Å². The lowest BCUT2D eigenvalue weighted by Crippen LogP contribution is -2.23. The van der Waals surface area contributed by atoms with Crippen LogP contribution in [0.3, 0.4) is 0 Å². The lowest BCUT2D eigenvalue weighted by Gasteiger charge is -2.25. The largest absolute Gasteiger partial charge is 0.363 e. The van der Waals surface area contributed by atoms with Crippen molar-refractivity contribution in [2.75, 3.05) is 25.5 Å². The SMILES string of the molecule is CCn1cc(CN2CCCC2c2ccnc(N(C)C)c2)cn1. The number of aryl methyl sites for hydroxylation is 1. The minimum atomic E-state index is 0.492. The molecule has 0 aliphatic carbocycles. The molecule has 118 valence electrons. The van der Waals surface area contributed by atoms with Gasteiger partial charge in [0.25, 0.3) is 0 Å². The van der Waals surface area contributed by atoms with Crippen molar-refractivity contribution in [1.29, 1.82) is 0 Å². The second-order valence-corrected chi connectivity index (χ2v) is 6.17. The molecule has 2 aromatic rings. The molecule has 1 saturated heterocycles. The Labute approximate surface area is 132 Å². The van der Waals surface area contributed by atoms with E-state index in [2.05, 4.69) is 45.1 Å². The summed E-state index contributed by atoms with van der Waals surface area (Å²) >= 11 is 0. The van der Waals surface area contributed by atoms with E-state index in [0.717, 1.165) is 25.5 Å². The lowest BCUT2D eigenvalue weighted by atomic mass is 10.1. The molecule has 1 aliphatic heterocycles. The molecule has 3 rings (SSSR count). The van der Waals surface area contributed by atoms with Crippen LogP contribution in [-0.4, -0.2) is 40.3 Å². The van der Waals surface area contributed by atoms with E-state index in [9.17, 15) is 0 Å². The van der Waals surface area contributed by atoms with Crippen molar-refractivity contribution < 1.29 is 0 Å². The van der Waals surface area contributed by atoms with E-state index >= 15 is 0 Å². The van der Waals surface area contributed by atoms with Gasteiger partial charge in [0, 0.05) is 51.2 Å². The van der Waals surface area contributed by atoms with Crippen molar-refractivity contribution in [3.05, 3.63) is 41.9 Å². The summed E-state index contributed by atoms with van der Waals surface area (Å²) in [5, 5.41) is 4.39. The molecule has 0 bridgehead atoms. The Hall–Kier alpha value is -1.88. The van der Waals surface area contributed by atoms with Gasteiger partial charge in [0.1, 0.15) is 5.82 Å². The zero-order valence-corrected chi connectivity index (χ0v) is 13.7. The van der Waals surface area contributed by atoms with Crippen molar-refractivity contribution in [1.82, 2.24) is 19.7 Å². The summed E-state index contributed by atoms with van der Waals surface area (Å²) in [6.07, 6.45) is 8.56. The van der Waals surface area contributed by atoms with Gasteiger partial charge in [0.15, 0.2) is 0 Å². The summed E-state index contributed by atoms with van der Waals surface area (Å²) < 4.78 is 2.00. The van der Waals surface area contributed by atoms with Gasteiger partial charge in [-0.05, 0) is 44.0 Å². The number of likely N-dealkylation sites (tertiary alicyclic amines) is 1. The van der Waals surface area contributed by atoms with Crippen LogP contribution < -0.4 is 4.90 Å². The Morgan fingerprint density at radius 3 is 2.95 bits per heavy atom. The summed E-state index contributed by atoms with van der Waals surface area (Å²) in [6.45, 7) is 5.18. The molecule has 1 unspecified atom stereocenters. The van der Waals surface area contributed by atoms with E-state index in [1.165, 1.54) is 24.0 Å². The van der Waals surface area contributed by atoms with Gasteiger partial charge < -0.3 is 4.90 Å². The molecule has 0 N–H and O–H groups in total. The van der Waals surface area contributed by atoms with E-state index < -0.39 is 0 Å². The van der Waals surface area contributed by atoms with Crippen LogP contribution in [-0.2, 0) is 13.1 Å². The van der Waals surface area contributed by atoms with E-state index in [1.807, 2.05) is 31.2 Å². The molecule has 1 fully saturated rings. The minimum Gasteiger partial charge on any atom is -0.363 e. The molecule has 0 spiro atoms. The molecular weight excluding hydrogens is 274 g/mol. The maximum atomic E-state index is 4.43. The summed E-state index contributed by atoms with van der Waals surface area (Å²) in [5.41, 5.74) is 2.68. The van der Waals surface area contributed by atoms with Crippen LogP contribution >= 0.6 is 0 Å². The Kier molecular flexibility index (Phi) is 4.43. The van der Waals surface area contributed by atoms with Crippen LogP contribution in [0.15, 0.2) is 30.7 Å². The molecule has 1 aliphatic rings. The fraction of sp³-hybridized carbons (Fsp3) is 0.529. The molecule has 5 nitrogen and oxygen atoms in total. The normalized spacial score (nSPS) is 18.8. The first-order chi connectivity index (χ1) is 10.7. The van der Waals surface area contributed by atoms with Gasteiger partial charge in [-0.15, -0.1) is 0 Å². The van der Waals surface area contributed by atoms with E-state index in [4.69, 9.17) is 0 Å². The van der Waals surface area contributed by atoms with Crippen molar-refractivity contribution >= 4 is 5.82 Å². The Bertz CT molecular complexity index is 619. The molecule has 0 aromatic carbocycles. The molecule has 1 atom stereocenters. The van der Waals surface area contributed by atoms with Gasteiger partial charge in [-0.2, -0.15) is 5.10 Å². The second kappa shape index (κ2) is 6.48. The van der Waals surface area contributed by atoms with Gasteiger partial charge in [-0.3, -0.25) is 9.58 Å². The van der Waals surface area contributed by atoms with Crippen LogP contribution in [0.2, 0.25) is 0 Å². The third kappa shape index (κ3) is 3.14. The smallest absolute Gasteiger partial charge is 0.128 e. The number of rotatable bonds is 5. The van der Waals surface area contributed by atoms with Crippen molar-refractivity contribution in [3.8, 4) is 0 Å². The Morgan fingerprint density at radius 2 is 2.23 bits per heavy atom. The van der Waals surface area contributed by atoms with Gasteiger partial charge in [0.2, 0.25) is 0 Å². The summed E-state index contributed by atoms with van der Waals surface area (Å²) in [6, 6.07) is 4.87. The number of hydrogen-bond acceptors (Lipinski definition) is 4. The molecule has 0 saturated carbocycles. The monoisotopic (exact) mass is 299 g/mol. The predicted molar refractivity (Wildman–Crippen MR) is 88.9 cm³/mol. The molecule has 3 heterocycles. The van der Waals surface area contributed by atoms with Gasteiger partial charge >= 0.3 is 0 Å². The fourth-order valence-corrected chi connectivity index (χ4v) is 3.17. The van der Waals surface area contributed by atoms with E-state index in [-0.39, 0.29) is 0 Å². The minimum absolute atomic E-state index is 0.492. The topological polar surface area (TPSA) is 37.2 Å². The zero-order valence-electron chi connectivity index (χ0n) is 13.7. The first kappa shape index (κ1) is 15.0. The van der Waals surface area contributed by atoms with Crippen molar-refractivity contribution in [2.24, 2.45) is 0 Å². The average Bonchev–Trinajstić information content (AvgIpc) is 3.17. The summed E-state index contributed by atoms with van der Waals surface area (Å²) in [4.78, 5) is 9.05. The lowest BCUT2D eigenvalue weighted by molar-refractivity contribution is 0.248. The Balaban J connectivity index is 1.76. The number of anilines is 1. The summed E-state index contributed by atoms with van der Waals surface area (Å²) in [5.74, 6) is 1.03. The quantitative estimate of drug-likeness (QED) is 0.850. The van der Waals surface area contributed by atoms with Gasteiger partial charge in [-0.1, -0.05) is 0 Å². The maximum Gasteiger partial charge on any atom is 0.128 e. The van der Waals surface area contributed by atoms with Gasteiger partial charge in [0.05, 0.1) is 6.20 Å². The highest BCUT2D eigenvalue weighted by Gasteiger charge is 2.26. The first-order valence-corrected chi connectivity index (χ1v) is 8.06. The molecule has 5 heteroatoms. The van der Waals surface area contributed by atoms with Crippen molar-refractivity contribution in [3.63, 3.8) is 0 Å². The third-order valence-corrected chi connectivity index (χ3v) is 4.37. The second-order valence-electron chi connectivity index (χ2n) is 6.17. The van der Waals surface area contributed by atoms with Gasteiger partial charge in [-0.25, -0.2) is 4.98 Å². The highest BCUT2D eigenvalue weighted by Crippen LogP contribution is 2.33. The average molecular weight is 299 g/mol. The Morgan fingerprint density at radius 1 is 1.36 bits per heavy atom. The van der Waals surface area contributed by atoms with E-state index in [0.29, 0.717) is 6.04 Å². The summed E-state index contributed by atoms with van der Waals surface area (Å²) in [7, 11) is 4.08. The highest BCUT2D eigenvalue weighted by molar-refractivity contribution is 5.40. The predicted octanol–water partition coefficient (Wildman–Crippen LogP) is 2.70. The highest BCUT2D eigenvalue weighted by atomic mass is 15.3. The van der Waals surface area contributed by atoms with Crippen molar-refractivity contribution in [2.45, 2.75) is 38.9 Å². The van der Waals surface area contributed by atoms with E-state index in [1.54, 1.807) is 0 Å². The fourth-order valence-electron chi connectivity index (χ4n) is 3.17. The van der Waals surface area contributed by atoms with Crippen LogP contribution in [0.5, 0.6) is 0 Å².